The number of aromatic nitrogens is 1. The number of nitrogens with two attached hydrogens (primary N) is 1. The predicted octanol–water partition coefficient (Wildman–Crippen LogP) is 1.27. The predicted molar refractivity (Wildman–Crippen MR) is 137 cm³/mol. The van der Waals surface area contributed by atoms with Gasteiger partial charge in [0.2, 0.25) is 5.88 Å². The standard InChI is InChI=1S/C21H27N5O2P2S/c1-28-17-3-2-13-18(22)19(31-21(13)25-17)20(27)24-5-4-12-10-16(30)14(11-15(12)29)26-8-6-23-7-9-26/h2-3,10-11,23H,4-9,22,29-30H2,1H3,(H,24,27). The molecule has 31 heavy (non-hydrogen) atoms. The Kier molecular flexibility index (Phi) is 6.92. The number of benzene rings is 1. The van der Waals surface area contributed by atoms with Gasteiger partial charge in [0.15, 0.2) is 0 Å². The first-order chi connectivity index (χ1) is 15.0. The molecule has 0 radical (unpaired) electrons. The summed E-state index contributed by atoms with van der Waals surface area (Å²) in [5, 5.41) is 9.51. The maximum Gasteiger partial charge on any atom is 0.263 e. The largest absolute Gasteiger partial charge is 0.481 e. The van der Waals surface area contributed by atoms with Crippen molar-refractivity contribution in [1.82, 2.24) is 15.6 Å². The zero-order valence-electron chi connectivity index (χ0n) is 17.4. The van der Waals surface area contributed by atoms with Crippen LogP contribution in [0.5, 0.6) is 5.88 Å². The number of nitrogens with zero attached hydrogens (tertiary/aromatic N) is 2. The van der Waals surface area contributed by atoms with Crippen molar-refractivity contribution < 1.29 is 9.53 Å². The summed E-state index contributed by atoms with van der Waals surface area (Å²) in [6.07, 6.45) is 0.741. The highest BCUT2D eigenvalue weighted by Gasteiger charge is 2.18. The Morgan fingerprint density at radius 3 is 2.81 bits per heavy atom. The van der Waals surface area contributed by atoms with E-state index in [-0.39, 0.29) is 5.91 Å². The van der Waals surface area contributed by atoms with E-state index in [2.05, 4.69) is 51.1 Å². The molecule has 2 unspecified atom stereocenters. The number of rotatable bonds is 6. The molecule has 1 aliphatic heterocycles. The third-order valence-electron chi connectivity index (χ3n) is 5.41. The zero-order chi connectivity index (χ0) is 22.0. The van der Waals surface area contributed by atoms with E-state index < -0.39 is 0 Å². The second kappa shape index (κ2) is 9.66. The van der Waals surface area contributed by atoms with Crippen molar-refractivity contribution in [3.63, 3.8) is 0 Å². The number of ether oxygens (including phenoxy) is 1. The van der Waals surface area contributed by atoms with Crippen molar-refractivity contribution in [3.05, 3.63) is 34.7 Å². The summed E-state index contributed by atoms with van der Waals surface area (Å²) in [6.45, 7) is 4.57. The monoisotopic (exact) mass is 475 g/mol. The van der Waals surface area contributed by atoms with Gasteiger partial charge in [0.1, 0.15) is 9.71 Å². The van der Waals surface area contributed by atoms with Crippen LogP contribution in [-0.4, -0.2) is 50.7 Å². The van der Waals surface area contributed by atoms with E-state index in [0.29, 0.717) is 27.8 Å². The van der Waals surface area contributed by atoms with E-state index in [4.69, 9.17) is 10.5 Å². The van der Waals surface area contributed by atoms with E-state index in [1.54, 1.807) is 13.2 Å². The molecular weight excluding hydrogens is 448 g/mol. The molecule has 3 aromatic rings. The van der Waals surface area contributed by atoms with Gasteiger partial charge in [0, 0.05) is 49.9 Å². The number of methoxy groups -OCH3 is 1. The highest BCUT2D eigenvalue weighted by Crippen LogP contribution is 2.33. The van der Waals surface area contributed by atoms with Crippen LogP contribution in [0.3, 0.4) is 0 Å². The summed E-state index contributed by atoms with van der Waals surface area (Å²) < 4.78 is 5.16. The van der Waals surface area contributed by atoms with Crippen molar-refractivity contribution in [1.29, 1.82) is 0 Å². The molecule has 1 amide bonds. The van der Waals surface area contributed by atoms with Crippen LogP contribution in [0.15, 0.2) is 24.3 Å². The molecule has 1 saturated heterocycles. The number of fused-ring (bicyclic) bond motifs is 1. The van der Waals surface area contributed by atoms with Gasteiger partial charge in [-0.05, 0) is 40.8 Å². The van der Waals surface area contributed by atoms with Gasteiger partial charge in [-0.1, -0.05) is 0 Å². The van der Waals surface area contributed by atoms with Crippen molar-refractivity contribution in [2.75, 3.05) is 50.5 Å². The second-order valence-electron chi connectivity index (χ2n) is 7.40. The number of carbonyl (C=O) groups excluding carboxylic acids is 1. The zero-order valence-corrected chi connectivity index (χ0v) is 20.5. The highest BCUT2D eigenvalue weighted by atomic mass is 32.1. The Balaban J connectivity index is 1.42. The van der Waals surface area contributed by atoms with Gasteiger partial charge in [-0.15, -0.1) is 29.8 Å². The number of amides is 1. The average molecular weight is 475 g/mol. The molecule has 1 aliphatic rings. The molecule has 2 aromatic heterocycles. The topological polar surface area (TPSA) is 92.5 Å². The van der Waals surface area contributed by atoms with E-state index in [9.17, 15) is 4.79 Å². The Bertz CT molecular complexity index is 1110. The van der Waals surface area contributed by atoms with Gasteiger partial charge in [-0.3, -0.25) is 4.79 Å². The minimum absolute atomic E-state index is 0.173. The van der Waals surface area contributed by atoms with E-state index in [1.807, 2.05) is 6.07 Å². The molecule has 10 heteroatoms. The molecule has 4 N–H and O–H groups in total. The molecule has 164 valence electrons. The van der Waals surface area contributed by atoms with Gasteiger partial charge in [0.05, 0.1) is 12.8 Å². The first kappa shape index (κ1) is 22.2. The van der Waals surface area contributed by atoms with Gasteiger partial charge < -0.3 is 26.0 Å². The minimum Gasteiger partial charge on any atom is -0.481 e. The number of hydrogen-bond donors (Lipinski definition) is 3. The van der Waals surface area contributed by atoms with Crippen LogP contribution >= 0.6 is 29.8 Å². The molecule has 4 rings (SSSR count). The van der Waals surface area contributed by atoms with Crippen molar-refractivity contribution in [2.24, 2.45) is 0 Å². The fourth-order valence-corrected chi connectivity index (χ4v) is 5.57. The smallest absolute Gasteiger partial charge is 0.263 e. The number of nitrogens with one attached hydrogen (secondary N) is 2. The molecule has 3 heterocycles. The lowest BCUT2D eigenvalue weighted by Crippen LogP contribution is -2.45. The number of carbonyl (C=O) groups is 1. The molecule has 2 atom stereocenters. The minimum atomic E-state index is -0.173. The van der Waals surface area contributed by atoms with E-state index >= 15 is 0 Å². The van der Waals surface area contributed by atoms with Crippen LogP contribution in [0.4, 0.5) is 11.4 Å². The van der Waals surface area contributed by atoms with Crippen LogP contribution in [0.1, 0.15) is 15.2 Å². The lowest BCUT2D eigenvalue weighted by atomic mass is 10.1. The third-order valence-corrected chi connectivity index (χ3v) is 7.52. The molecule has 0 aliphatic carbocycles. The Morgan fingerprint density at radius 1 is 1.29 bits per heavy atom. The summed E-state index contributed by atoms with van der Waals surface area (Å²) in [5.74, 6) is 0.333. The van der Waals surface area contributed by atoms with Gasteiger partial charge in [-0.2, -0.15) is 0 Å². The number of piperazine rings is 1. The molecule has 0 spiro atoms. The lowest BCUT2D eigenvalue weighted by molar-refractivity contribution is 0.0959. The summed E-state index contributed by atoms with van der Waals surface area (Å²) in [7, 11) is 7.25. The fourth-order valence-electron chi connectivity index (χ4n) is 3.72. The Labute approximate surface area is 190 Å². The van der Waals surface area contributed by atoms with Crippen LogP contribution in [0, 0.1) is 0 Å². The van der Waals surface area contributed by atoms with Crippen LogP contribution in [-0.2, 0) is 6.42 Å². The number of pyridine rings is 1. The number of anilines is 2. The summed E-state index contributed by atoms with van der Waals surface area (Å²) in [6, 6.07) is 8.00. The summed E-state index contributed by atoms with van der Waals surface area (Å²) in [5.41, 5.74) is 9.12. The lowest BCUT2D eigenvalue weighted by Gasteiger charge is -2.31. The average Bonchev–Trinajstić information content (AvgIpc) is 3.12. The molecule has 7 nitrogen and oxygen atoms in total. The van der Waals surface area contributed by atoms with Crippen LogP contribution in [0.25, 0.3) is 10.2 Å². The Hall–Kier alpha value is -1.98. The number of hydrogen-bond acceptors (Lipinski definition) is 7. The van der Waals surface area contributed by atoms with E-state index in [1.165, 1.54) is 27.9 Å². The fraction of sp³-hybridized carbons (Fsp3) is 0.333. The molecule has 0 saturated carbocycles. The number of thiophene rings is 1. The summed E-state index contributed by atoms with van der Waals surface area (Å²) >= 11 is 1.28. The number of nitrogen functional groups attached to an aromatic ring is 1. The maximum absolute atomic E-state index is 12.7. The Morgan fingerprint density at radius 2 is 2.06 bits per heavy atom. The molecule has 1 fully saturated rings. The summed E-state index contributed by atoms with van der Waals surface area (Å²) in [4.78, 5) is 20.7. The quantitative estimate of drug-likeness (QED) is 0.465. The van der Waals surface area contributed by atoms with Gasteiger partial charge >= 0.3 is 0 Å². The maximum atomic E-state index is 12.7. The SMILES string of the molecule is COc1ccc2c(N)c(C(=O)NCCc3cc(P)c(N4CCNCC4)cc3P)sc2n1. The van der Waals surface area contributed by atoms with Crippen molar-refractivity contribution in [2.45, 2.75) is 6.42 Å². The second-order valence-corrected chi connectivity index (χ2v) is 9.65. The first-order valence-electron chi connectivity index (χ1n) is 10.1. The first-order valence-corrected chi connectivity index (χ1v) is 12.1. The van der Waals surface area contributed by atoms with Gasteiger partial charge in [-0.25, -0.2) is 4.98 Å². The van der Waals surface area contributed by atoms with Gasteiger partial charge in [0.25, 0.3) is 5.91 Å². The normalized spacial score (nSPS) is 14.1. The van der Waals surface area contributed by atoms with Crippen molar-refractivity contribution >= 4 is 67.9 Å². The molecule has 0 bridgehead atoms. The molecule has 1 aromatic carbocycles. The van der Waals surface area contributed by atoms with Crippen LogP contribution in [0.2, 0.25) is 0 Å². The van der Waals surface area contributed by atoms with Crippen LogP contribution < -0.4 is 36.6 Å². The third kappa shape index (κ3) is 4.78. The van der Waals surface area contributed by atoms with E-state index in [0.717, 1.165) is 43.3 Å². The van der Waals surface area contributed by atoms with Crippen molar-refractivity contribution in [3.8, 4) is 5.88 Å². The highest BCUT2D eigenvalue weighted by molar-refractivity contribution is 7.29. The molecular formula is C21H27N5O2P2S.